The van der Waals surface area contributed by atoms with Crippen LogP contribution in [-0.4, -0.2) is 47.5 Å². The van der Waals surface area contributed by atoms with Crippen LogP contribution >= 0.6 is 11.3 Å². The Bertz CT molecular complexity index is 405. The van der Waals surface area contributed by atoms with E-state index < -0.39 is 5.97 Å². The zero-order valence-corrected chi connectivity index (χ0v) is 11.6. The molecule has 5 nitrogen and oxygen atoms in total. The fourth-order valence-corrected chi connectivity index (χ4v) is 2.34. The monoisotopic (exact) mass is 270 g/mol. The van der Waals surface area contributed by atoms with Gasteiger partial charge in [0.15, 0.2) is 0 Å². The molecule has 0 saturated carbocycles. The maximum absolute atomic E-state index is 12.1. The Morgan fingerprint density at radius 3 is 2.61 bits per heavy atom. The highest BCUT2D eigenvalue weighted by Crippen LogP contribution is 2.23. The highest BCUT2D eigenvalue weighted by atomic mass is 32.1. The number of carbonyl (C=O) groups excluding carboxylic acids is 1. The zero-order chi connectivity index (χ0) is 13.7. The summed E-state index contributed by atoms with van der Waals surface area (Å²) in [6.07, 6.45) is -0.0382. The van der Waals surface area contributed by atoms with Crippen molar-refractivity contribution in [3.63, 3.8) is 0 Å². The quantitative estimate of drug-likeness (QED) is 0.892. The van der Waals surface area contributed by atoms with Crippen molar-refractivity contribution in [3.05, 3.63) is 22.4 Å². The van der Waals surface area contributed by atoms with E-state index in [1.807, 2.05) is 24.4 Å². The average molecular weight is 270 g/mol. The first-order valence-corrected chi connectivity index (χ1v) is 6.54. The highest BCUT2D eigenvalue weighted by Gasteiger charge is 2.21. The van der Waals surface area contributed by atoms with Gasteiger partial charge in [-0.05, 0) is 18.4 Å². The predicted molar refractivity (Wildman–Crippen MR) is 70.8 cm³/mol. The second-order valence-electron chi connectivity index (χ2n) is 4.15. The Labute approximate surface area is 111 Å². The van der Waals surface area contributed by atoms with Crippen molar-refractivity contribution in [2.24, 2.45) is 0 Å². The molecule has 0 aromatic carbocycles. The van der Waals surface area contributed by atoms with Crippen LogP contribution in [-0.2, 0) is 4.79 Å². The van der Waals surface area contributed by atoms with E-state index in [0.717, 1.165) is 4.88 Å². The van der Waals surface area contributed by atoms with Crippen molar-refractivity contribution in [1.82, 2.24) is 9.80 Å². The number of carboxylic acids is 1. The zero-order valence-electron chi connectivity index (χ0n) is 10.8. The minimum absolute atomic E-state index is 0.00946. The van der Waals surface area contributed by atoms with E-state index in [4.69, 9.17) is 5.11 Å². The first-order valence-electron chi connectivity index (χ1n) is 5.66. The minimum Gasteiger partial charge on any atom is -0.481 e. The summed E-state index contributed by atoms with van der Waals surface area (Å²) >= 11 is 1.60. The Morgan fingerprint density at radius 1 is 1.44 bits per heavy atom. The Morgan fingerprint density at radius 2 is 2.11 bits per heavy atom. The maximum atomic E-state index is 12.1. The molecular weight excluding hydrogens is 252 g/mol. The van der Waals surface area contributed by atoms with Gasteiger partial charge >= 0.3 is 12.0 Å². The third-order valence-corrected chi connectivity index (χ3v) is 3.87. The largest absolute Gasteiger partial charge is 0.481 e. The summed E-state index contributed by atoms with van der Waals surface area (Å²) < 4.78 is 0. The van der Waals surface area contributed by atoms with E-state index >= 15 is 0 Å². The van der Waals surface area contributed by atoms with Crippen LogP contribution in [0.5, 0.6) is 0 Å². The molecule has 0 aliphatic carbocycles. The lowest BCUT2D eigenvalue weighted by Crippen LogP contribution is -2.40. The van der Waals surface area contributed by atoms with Crippen molar-refractivity contribution < 1.29 is 14.7 Å². The van der Waals surface area contributed by atoms with Crippen LogP contribution in [0.25, 0.3) is 0 Å². The van der Waals surface area contributed by atoms with Gasteiger partial charge < -0.3 is 14.9 Å². The number of carboxylic acid groups (broad SMARTS) is 1. The second kappa shape index (κ2) is 6.39. The summed E-state index contributed by atoms with van der Waals surface area (Å²) in [5, 5.41) is 10.6. The third kappa shape index (κ3) is 3.73. The predicted octanol–water partition coefficient (Wildman–Crippen LogP) is 2.27. The highest BCUT2D eigenvalue weighted by molar-refractivity contribution is 7.10. The third-order valence-electron chi connectivity index (χ3n) is 2.83. The van der Waals surface area contributed by atoms with Gasteiger partial charge in [0.1, 0.15) is 0 Å². The van der Waals surface area contributed by atoms with Crippen LogP contribution in [0.4, 0.5) is 4.79 Å². The normalized spacial score (nSPS) is 11.9. The Kier molecular flexibility index (Phi) is 5.15. The molecule has 0 fully saturated rings. The molecule has 1 rings (SSSR count). The lowest BCUT2D eigenvalue weighted by Gasteiger charge is -2.29. The molecule has 0 radical (unpaired) electrons. The number of rotatable bonds is 5. The number of nitrogens with zero attached hydrogens (tertiary/aromatic N) is 2. The molecule has 0 spiro atoms. The summed E-state index contributed by atoms with van der Waals surface area (Å²) in [6, 6.07) is 3.75. The molecule has 2 amide bonds. The van der Waals surface area contributed by atoms with Crippen LogP contribution in [0.15, 0.2) is 17.5 Å². The smallest absolute Gasteiger partial charge is 0.320 e. The summed E-state index contributed by atoms with van der Waals surface area (Å²) in [6.45, 7) is 2.17. The van der Waals surface area contributed by atoms with Crippen molar-refractivity contribution >= 4 is 23.3 Å². The summed E-state index contributed by atoms with van der Waals surface area (Å²) in [4.78, 5) is 26.7. The maximum Gasteiger partial charge on any atom is 0.320 e. The number of thiophene rings is 1. The van der Waals surface area contributed by atoms with Gasteiger partial charge in [-0.3, -0.25) is 4.79 Å². The molecule has 18 heavy (non-hydrogen) atoms. The standard InChI is InChI=1S/C12H18N2O3S/c1-9(10-5-4-8-18-10)14(3)12(17)13(2)7-6-11(15)16/h4-5,8-9H,6-7H2,1-3H3,(H,15,16). The van der Waals surface area contributed by atoms with Crippen LogP contribution < -0.4 is 0 Å². The number of hydrogen-bond donors (Lipinski definition) is 1. The summed E-state index contributed by atoms with van der Waals surface area (Å²) in [5.41, 5.74) is 0. The first-order chi connectivity index (χ1) is 8.43. The van der Waals surface area contributed by atoms with E-state index in [-0.39, 0.29) is 25.0 Å². The molecule has 1 N–H and O–H groups in total. The number of amides is 2. The van der Waals surface area contributed by atoms with Gasteiger partial charge in [0.25, 0.3) is 0 Å². The molecule has 6 heteroatoms. The number of hydrogen-bond acceptors (Lipinski definition) is 3. The first kappa shape index (κ1) is 14.5. The van der Waals surface area contributed by atoms with Crippen molar-refractivity contribution in [1.29, 1.82) is 0 Å². The van der Waals surface area contributed by atoms with Crippen LogP contribution in [0.1, 0.15) is 24.3 Å². The number of aliphatic carboxylic acids is 1. The van der Waals surface area contributed by atoms with Crippen molar-refractivity contribution in [3.8, 4) is 0 Å². The number of urea groups is 1. The van der Waals surface area contributed by atoms with Gasteiger partial charge in [0.2, 0.25) is 0 Å². The SMILES string of the molecule is CC(c1cccs1)N(C)C(=O)N(C)CCC(=O)O. The molecule has 0 aliphatic rings. The number of carbonyl (C=O) groups is 2. The second-order valence-corrected chi connectivity index (χ2v) is 5.13. The van der Waals surface area contributed by atoms with Gasteiger partial charge in [-0.2, -0.15) is 0 Å². The van der Waals surface area contributed by atoms with Gasteiger partial charge in [0, 0.05) is 25.5 Å². The topological polar surface area (TPSA) is 60.9 Å². The molecule has 1 aromatic heterocycles. The van der Waals surface area contributed by atoms with Gasteiger partial charge in [-0.1, -0.05) is 6.07 Å². The molecular formula is C12H18N2O3S. The molecule has 0 saturated heterocycles. The molecule has 1 heterocycles. The van der Waals surface area contributed by atoms with Crippen molar-refractivity contribution in [2.45, 2.75) is 19.4 Å². The summed E-state index contributed by atoms with van der Waals surface area (Å²) in [7, 11) is 3.34. The lowest BCUT2D eigenvalue weighted by molar-refractivity contribution is -0.137. The Hall–Kier alpha value is -1.56. The van der Waals surface area contributed by atoms with E-state index in [0.29, 0.717) is 0 Å². The average Bonchev–Trinajstić information content (AvgIpc) is 2.86. The molecule has 1 unspecified atom stereocenters. The molecule has 1 aromatic rings. The van der Waals surface area contributed by atoms with E-state index in [9.17, 15) is 9.59 Å². The van der Waals surface area contributed by atoms with Crippen LogP contribution in [0.3, 0.4) is 0 Å². The van der Waals surface area contributed by atoms with Crippen molar-refractivity contribution in [2.75, 3.05) is 20.6 Å². The fraction of sp³-hybridized carbons (Fsp3) is 0.500. The van der Waals surface area contributed by atoms with Gasteiger partial charge in [-0.25, -0.2) is 4.79 Å². The van der Waals surface area contributed by atoms with E-state index in [1.165, 1.54) is 4.90 Å². The molecule has 100 valence electrons. The van der Waals surface area contributed by atoms with Gasteiger partial charge in [-0.15, -0.1) is 11.3 Å². The molecule has 0 aliphatic heterocycles. The summed E-state index contributed by atoms with van der Waals surface area (Å²) in [5.74, 6) is -0.899. The van der Waals surface area contributed by atoms with E-state index in [2.05, 4.69) is 0 Å². The molecule has 1 atom stereocenters. The lowest BCUT2D eigenvalue weighted by atomic mass is 10.2. The fourth-order valence-electron chi connectivity index (χ4n) is 1.51. The van der Waals surface area contributed by atoms with Crippen LogP contribution in [0, 0.1) is 0 Å². The Balaban J connectivity index is 2.57. The van der Waals surface area contributed by atoms with E-state index in [1.54, 1.807) is 30.3 Å². The van der Waals surface area contributed by atoms with Crippen LogP contribution in [0.2, 0.25) is 0 Å². The minimum atomic E-state index is -0.899. The van der Waals surface area contributed by atoms with Gasteiger partial charge in [0.05, 0.1) is 12.5 Å². The molecule has 0 bridgehead atoms.